The molecule has 0 saturated carbocycles. The van der Waals surface area contributed by atoms with E-state index in [0.717, 1.165) is 31.6 Å². The lowest BCUT2D eigenvalue weighted by Gasteiger charge is -2.44. The van der Waals surface area contributed by atoms with Crippen molar-refractivity contribution in [1.82, 2.24) is 9.57 Å². The molecular weight excluding hydrogens is 395 g/mol. The molecule has 3 aliphatic rings. The summed E-state index contributed by atoms with van der Waals surface area (Å²) < 4.78 is 4.76. The average Bonchev–Trinajstić information content (AvgIpc) is 3.01. The van der Waals surface area contributed by atoms with Crippen molar-refractivity contribution in [2.75, 3.05) is 31.0 Å². The number of benzene rings is 1. The largest absolute Gasteiger partial charge is 0.374 e. The summed E-state index contributed by atoms with van der Waals surface area (Å²) in [5.74, 6) is 0. The van der Waals surface area contributed by atoms with E-state index >= 15 is 0 Å². The molecule has 158 valence electrons. The van der Waals surface area contributed by atoms with Crippen LogP contribution in [-0.4, -0.2) is 41.5 Å². The Morgan fingerprint density at radius 3 is 2.31 bits per heavy atom. The van der Waals surface area contributed by atoms with Gasteiger partial charge < -0.3 is 4.90 Å². The van der Waals surface area contributed by atoms with Crippen LogP contribution in [0.5, 0.6) is 0 Å². The zero-order valence-electron chi connectivity index (χ0n) is 18.4. The van der Waals surface area contributed by atoms with Crippen LogP contribution in [0.25, 0.3) is 0 Å². The van der Waals surface area contributed by atoms with E-state index in [9.17, 15) is 0 Å². The van der Waals surface area contributed by atoms with Gasteiger partial charge in [0.15, 0.2) is 6.34 Å². The predicted molar refractivity (Wildman–Crippen MR) is 129 cm³/mol. The van der Waals surface area contributed by atoms with E-state index in [1.165, 1.54) is 49.1 Å². The van der Waals surface area contributed by atoms with Crippen LogP contribution in [-0.2, 0) is 11.8 Å². The lowest BCUT2D eigenvalue weighted by molar-refractivity contribution is 0.240. The summed E-state index contributed by atoms with van der Waals surface area (Å²) in [6.45, 7) is 13.5. The van der Waals surface area contributed by atoms with Gasteiger partial charge in [0.2, 0.25) is 0 Å². The predicted octanol–water partition coefficient (Wildman–Crippen LogP) is 6.03. The fourth-order valence-electron chi connectivity index (χ4n) is 5.06. The number of para-hydroxylation sites is 1. The third-order valence-electron chi connectivity index (χ3n) is 6.44. The number of hydrogen-bond donors (Lipinski definition) is 0. The normalized spacial score (nSPS) is 26.7. The number of piperidine rings is 1. The van der Waals surface area contributed by atoms with Crippen molar-refractivity contribution in [1.29, 1.82) is 0 Å². The van der Waals surface area contributed by atoms with Crippen LogP contribution in [0.1, 0.15) is 59.8 Å². The van der Waals surface area contributed by atoms with Crippen LogP contribution in [0.3, 0.4) is 0 Å². The van der Waals surface area contributed by atoms with Gasteiger partial charge in [0.1, 0.15) is 0 Å². The van der Waals surface area contributed by atoms with Crippen molar-refractivity contribution in [3.8, 4) is 0 Å². The molecular formula is C23H35N4PS. The molecule has 0 unspecified atom stereocenters. The highest BCUT2D eigenvalue weighted by Gasteiger charge is 2.49. The highest BCUT2D eigenvalue weighted by Crippen LogP contribution is 2.69. The molecule has 4 rings (SSSR count). The molecule has 2 heterocycles. The second kappa shape index (κ2) is 8.17. The first kappa shape index (κ1) is 21.1. The van der Waals surface area contributed by atoms with E-state index in [1.54, 1.807) is 0 Å². The van der Waals surface area contributed by atoms with Gasteiger partial charge in [-0.25, -0.2) is 4.78 Å². The minimum atomic E-state index is -2.19. The van der Waals surface area contributed by atoms with Crippen LogP contribution < -0.4 is 4.78 Å². The summed E-state index contributed by atoms with van der Waals surface area (Å²) in [6, 6.07) is 10.6. The van der Waals surface area contributed by atoms with Gasteiger partial charge in [0, 0.05) is 31.9 Å². The van der Waals surface area contributed by atoms with Crippen molar-refractivity contribution in [3.05, 3.63) is 41.3 Å². The number of hydrazone groups is 1. The first-order valence-corrected chi connectivity index (χ1v) is 13.9. The van der Waals surface area contributed by atoms with Crippen LogP contribution in [0.2, 0.25) is 0 Å². The van der Waals surface area contributed by atoms with Gasteiger partial charge in [0.05, 0.1) is 16.7 Å². The zero-order chi connectivity index (χ0) is 20.6. The van der Waals surface area contributed by atoms with Gasteiger partial charge in [-0.15, -0.1) is 0 Å². The van der Waals surface area contributed by atoms with Gasteiger partial charge >= 0.3 is 0 Å². The van der Waals surface area contributed by atoms with Gasteiger partial charge in [-0.05, 0) is 49.7 Å². The van der Waals surface area contributed by atoms with E-state index in [1.807, 2.05) is 0 Å². The Labute approximate surface area is 181 Å². The molecule has 2 aliphatic heterocycles. The fraction of sp³-hybridized carbons (Fsp3) is 0.609. The molecule has 0 radical (unpaired) electrons. The van der Waals surface area contributed by atoms with Crippen LogP contribution in [0.4, 0.5) is 5.69 Å². The summed E-state index contributed by atoms with van der Waals surface area (Å²) in [7, 11) is 0. The molecule has 4 nitrogen and oxygen atoms in total. The molecule has 0 aromatic heterocycles. The fourth-order valence-corrected chi connectivity index (χ4v) is 9.95. The number of allylic oxidation sites excluding steroid dienone is 2. The molecule has 29 heavy (non-hydrogen) atoms. The molecule has 1 saturated heterocycles. The number of likely N-dealkylation sites (tertiary alicyclic amines) is 1. The zero-order valence-corrected chi connectivity index (χ0v) is 20.1. The van der Waals surface area contributed by atoms with Crippen LogP contribution in [0, 0.1) is 5.41 Å². The monoisotopic (exact) mass is 430 g/mol. The Morgan fingerprint density at radius 1 is 1.03 bits per heavy atom. The number of anilines is 1. The molecule has 1 aromatic carbocycles. The Bertz CT molecular complexity index is 851. The van der Waals surface area contributed by atoms with Crippen molar-refractivity contribution >= 4 is 29.5 Å². The lowest BCUT2D eigenvalue weighted by Crippen LogP contribution is -2.37. The number of fused-ring (bicyclic) bond motifs is 1. The van der Waals surface area contributed by atoms with Crippen LogP contribution >= 0.6 is 6.34 Å². The minimum absolute atomic E-state index is 0.227. The van der Waals surface area contributed by atoms with Gasteiger partial charge in [-0.2, -0.15) is 5.10 Å². The topological polar surface area (TPSA) is 22.1 Å². The summed E-state index contributed by atoms with van der Waals surface area (Å²) in [4.78, 5) is 2.66. The summed E-state index contributed by atoms with van der Waals surface area (Å²) >= 11 is 6.67. The van der Waals surface area contributed by atoms with Gasteiger partial charge in [-0.3, -0.25) is 4.67 Å². The first-order valence-electron chi connectivity index (χ1n) is 11.2. The Morgan fingerprint density at radius 2 is 1.69 bits per heavy atom. The summed E-state index contributed by atoms with van der Waals surface area (Å²) in [5.41, 5.74) is 4.12. The summed E-state index contributed by atoms with van der Waals surface area (Å²) in [6.07, 6.45) is 3.88. The van der Waals surface area contributed by atoms with E-state index < -0.39 is 6.34 Å². The molecule has 0 spiro atoms. The van der Waals surface area contributed by atoms with E-state index in [4.69, 9.17) is 16.9 Å². The lowest BCUT2D eigenvalue weighted by atomic mass is 9.78. The van der Waals surface area contributed by atoms with Crippen molar-refractivity contribution in [3.63, 3.8) is 0 Å². The molecule has 1 fully saturated rings. The maximum Gasteiger partial charge on any atom is 0.154 e. The van der Waals surface area contributed by atoms with E-state index in [-0.39, 0.29) is 5.41 Å². The Hall–Kier alpha value is -1.16. The Balaban J connectivity index is 1.92. The van der Waals surface area contributed by atoms with Crippen molar-refractivity contribution in [2.45, 2.75) is 59.8 Å². The number of hydrogen-bond acceptors (Lipinski definition) is 3. The highest BCUT2D eigenvalue weighted by atomic mass is 32.4. The number of rotatable bonds is 5. The SMILES string of the molecule is CCN(CC)[P@]1(=S)C2=C(N3CCCCC3)CC(C)(C)CC2=NN1c1ccccc1. The molecule has 6 heteroatoms. The molecule has 1 atom stereocenters. The average molecular weight is 431 g/mol. The highest BCUT2D eigenvalue weighted by molar-refractivity contribution is 8.16. The molecule has 1 aromatic rings. The molecule has 1 aliphatic carbocycles. The quantitative estimate of drug-likeness (QED) is 0.532. The van der Waals surface area contributed by atoms with Crippen molar-refractivity contribution in [2.24, 2.45) is 10.5 Å². The standard InChI is InChI=1S/C23H35N4PS/c1-5-26(6-2)28(29)22-20(24-27(28)19-13-9-7-10-14-19)17-23(3,4)18-21(22)25-15-11-8-12-16-25/h7,9-10,13-14H,5-6,8,11-12,15-18H2,1-4H3/t28-/m1/s1. The number of nitrogens with zero attached hydrogens (tertiary/aromatic N) is 4. The third-order valence-corrected chi connectivity index (χ3v) is 11.4. The second-order valence-electron chi connectivity index (χ2n) is 9.22. The van der Waals surface area contributed by atoms with Gasteiger partial charge in [-0.1, -0.05) is 57.7 Å². The molecule has 0 N–H and O–H groups in total. The van der Waals surface area contributed by atoms with E-state index in [2.05, 4.69) is 72.4 Å². The van der Waals surface area contributed by atoms with E-state index in [0.29, 0.717) is 0 Å². The maximum atomic E-state index is 6.67. The smallest absolute Gasteiger partial charge is 0.154 e. The van der Waals surface area contributed by atoms with Crippen molar-refractivity contribution < 1.29 is 0 Å². The summed E-state index contributed by atoms with van der Waals surface area (Å²) in [5, 5.41) is 6.68. The minimum Gasteiger partial charge on any atom is -0.374 e. The molecule has 0 bridgehead atoms. The maximum absolute atomic E-state index is 6.67. The second-order valence-corrected chi connectivity index (χ2v) is 13.2. The third kappa shape index (κ3) is 3.71. The Kier molecular flexibility index (Phi) is 5.94. The van der Waals surface area contributed by atoms with Gasteiger partial charge in [0.25, 0.3) is 0 Å². The van der Waals surface area contributed by atoms with Crippen LogP contribution in [0.15, 0.2) is 46.4 Å². The first-order chi connectivity index (χ1) is 13.9. The molecule has 0 amide bonds.